The van der Waals surface area contributed by atoms with Crippen LogP contribution in [0, 0.1) is 5.92 Å². The number of carbonyl (C=O) groups is 3. The molecule has 0 fully saturated rings. The normalized spacial score (nSPS) is 11.9. The van der Waals surface area contributed by atoms with Crippen LogP contribution < -0.4 is 4.72 Å². The fourth-order valence-corrected chi connectivity index (χ4v) is 4.13. The van der Waals surface area contributed by atoms with Gasteiger partial charge < -0.3 is 10.0 Å². The summed E-state index contributed by atoms with van der Waals surface area (Å²) in [4.78, 5) is 37.4. The minimum Gasteiger partial charge on any atom is -0.480 e. The summed E-state index contributed by atoms with van der Waals surface area (Å²) >= 11 is 5.79. The van der Waals surface area contributed by atoms with E-state index < -0.39 is 40.3 Å². The highest BCUT2D eigenvalue weighted by Gasteiger charge is 2.29. The van der Waals surface area contributed by atoms with Crippen LogP contribution in [0.4, 0.5) is 0 Å². The summed E-state index contributed by atoms with van der Waals surface area (Å²) in [6.07, 6.45) is 1.31. The Labute approximate surface area is 191 Å². The first-order chi connectivity index (χ1) is 15.1. The number of benzene rings is 2. The Bertz CT molecular complexity index is 1070. The van der Waals surface area contributed by atoms with Gasteiger partial charge in [-0.25, -0.2) is 13.1 Å². The van der Waals surface area contributed by atoms with E-state index in [1.165, 1.54) is 30.3 Å². The molecule has 32 heavy (non-hydrogen) atoms. The molecule has 0 aliphatic carbocycles. The topological polar surface area (TPSA) is 121 Å². The quantitative estimate of drug-likeness (QED) is 0.478. The lowest BCUT2D eigenvalue weighted by molar-refractivity contribution is -0.145. The largest absolute Gasteiger partial charge is 0.480 e. The molecule has 0 aromatic heterocycles. The summed E-state index contributed by atoms with van der Waals surface area (Å²) in [6.45, 7) is 2.56. The van der Waals surface area contributed by atoms with Gasteiger partial charge in [0.05, 0.1) is 10.8 Å². The van der Waals surface area contributed by atoms with Crippen LogP contribution in [0.15, 0.2) is 72.1 Å². The molecule has 2 N–H and O–H groups in total. The summed E-state index contributed by atoms with van der Waals surface area (Å²) in [6, 6.07) is 14.1. The molecule has 2 aromatic rings. The van der Waals surface area contributed by atoms with E-state index in [1.807, 2.05) is 4.72 Å². The summed E-state index contributed by atoms with van der Waals surface area (Å²) in [5.74, 6) is -3.66. The van der Waals surface area contributed by atoms with Crippen LogP contribution in [-0.2, 0) is 30.8 Å². The summed E-state index contributed by atoms with van der Waals surface area (Å²) in [5, 5.41) is 9.51. The van der Waals surface area contributed by atoms with E-state index in [-0.39, 0.29) is 24.3 Å². The van der Waals surface area contributed by atoms with Crippen molar-refractivity contribution in [2.24, 2.45) is 5.92 Å². The molecule has 2 amide bonds. The van der Waals surface area contributed by atoms with E-state index >= 15 is 0 Å². The number of carboxylic acid groups (broad SMARTS) is 1. The highest BCUT2D eigenvalue weighted by Crippen LogP contribution is 2.17. The van der Waals surface area contributed by atoms with Crippen molar-refractivity contribution in [2.75, 3.05) is 13.1 Å². The van der Waals surface area contributed by atoms with E-state index in [4.69, 9.17) is 11.6 Å². The van der Waals surface area contributed by atoms with Crippen molar-refractivity contribution in [3.05, 3.63) is 77.8 Å². The molecule has 10 heteroatoms. The third-order valence-electron chi connectivity index (χ3n) is 4.49. The zero-order chi connectivity index (χ0) is 23.7. The summed E-state index contributed by atoms with van der Waals surface area (Å²) < 4.78 is 27.3. The molecule has 170 valence electrons. The molecule has 0 saturated carbocycles. The number of nitrogens with zero attached hydrogens (tertiary/aromatic N) is 1. The molecule has 0 spiro atoms. The minimum atomic E-state index is -4.20. The van der Waals surface area contributed by atoms with Gasteiger partial charge in [0.25, 0.3) is 10.0 Å². The van der Waals surface area contributed by atoms with Crippen LogP contribution in [-0.4, -0.2) is 49.3 Å². The maximum Gasteiger partial charge on any atom is 0.323 e. The second kappa shape index (κ2) is 11.4. The summed E-state index contributed by atoms with van der Waals surface area (Å²) in [5.41, 5.74) is 0.725. The number of rotatable bonds is 11. The maximum atomic E-state index is 13.0. The van der Waals surface area contributed by atoms with Crippen molar-refractivity contribution in [1.29, 1.82) is 0 Å². The molecule has 0 bridgehead atoms. The molecule has 0 heterocycles. The molecule has 0 aliphatic rings. The minimum absolute atomic E-state index is 0.0975. The van der Waals surface area contributed by atoms with Crippen LogP contribution in [0.1, 0.15) is 12.0 Å². The molecule has 2 rings (SSSR count). The average Bonchev–Trinajstić information content (AvgIpc) is 2.73. The Kier molecular flexibility index (Phi) is 8.98. The smallest absolute Gasteiger partial charge is 0.323 e. The molecule has 0 saturated heterocycles. The fraction of sp³-hybridized carbons (Fsp3) is 0.227. The van der Waals surface area contributed by atoms with Gasteiger partial charge >= 0.3 is 5.97 Å². The number of hydrogen-bond acceptors (Lipinski definition) is 5. The Hall–Kier alpha value is -3.17. The standard InChI is InChI=1S/C22H23ClN2O6S/c1-2-6-20(26)25(15-21(27)28)14-17(13-16-7-4-3-5-8-16)22(29)24-32(30,31)19-11-9-18(23)10-12-19/h2-5,7-12,17H,1,6,13-15H2,(H,24,29)(H,27,28). The van der Waals surface area contributed by atoms with Gasteiger partial charge in [-0.15, -0.1) is 6.58 Å². The van der Waals surface area contributed by atoms with E-state index in [0.29, 0.717) is 5.02 Å². The van der Waals surface area contributed by atoms with Crippen LogP contribution in [0.3, 0.4) is 0 Å². The Morgan fingerprint density at radius 1 is 1.09 bits per heavy atom. The lowest BCUT2D eigenvalue weighted by Gasteiger charge is -2.26. The van der Waals surface area contributed by atoms with Crippen molar-refractivity contribution >= 4 is 39.4 Å². The number of carbonyl (C=O) groups excluding carboxylic acids is 2. The molecular weight excluding hydrogens is 456 g/mol. The van der Waals surface area contributed by atoms with Gasteiger partial charge in [-0.05, 0) is 36.2 Å². The summed E-state index contributed by atoms with van der Waals surface area (Å²) in [7, 11) is -4.20. The number of aliphatic carboxylic acids is 1. The SMILES string of the molecule is C=CCC(=O)N(CC(=O)O)CC(Cc1ccccc1)C(=O)NS(=O)(=O)c1ccc(Cl)cc1. The lowest BCUT2D eigenvalue weighted by atomic mass is 9.98. The number of halogens is 1. The van der Waals surface area contributed by atoms with Crippen molar-refractivity contribution in [3.8, 4) is 0 Å². The van der Waals surface area contributed by atoms with Gasteiger partial charge in [0.2, 0.25) is 11.8 Å². The predicted octanol–water partition coefficient (Wildman–Crippen LogP) is 2.49. The molecule has 1 unspecified atom stereocenters. The molecule has 8 nitrogen and oxygen atoms in total. The zero-order valence-corrected chi connectivity index (χ0v) is 18.7. The van der Waals surface area contributed by atoms with Crippen molar-refractivity contribution in [1.82, 2.24) is 9.62 Å². The van der Waals surface area contributed by atoms with Crippen molar-refractivity contribution < 1.29 is 27.9 Å². The van der Waals surface area contributed by atoms with Crippen LogP contribution in [0.25, 0.3) is 0 Å². The van der Waals surface area contributed by atoms with Gasteiger partial charge in [-0.3, -0.25) is 14.4 Å². The zero-order valence-electron chi connectivity index (χ0n) is 17.1. The lowest BCUT2D eigenvalue weighted by Crippen LogP contribution is -2.45. The van der Waals surface area contributed by atoms with Gasteiger partial charge in [0.15, 0.2) is 0 Å². The van der Waals surface area contributed by atoms with Gasteiger partial charge in [0.1, 0.15) is 6.54 Å². The number of sulfonamides is 1. The molecule has 0 aliphatic heterocycles. The van der Waals surface area contributed by atoms with E-state index in [2.05, 4.69) is 6.58 Å². The Morgan fingerprint density at radius 2 is 1.72 bits per heavy atom. The second-order valence-electron chi connectivity index (χ2n) is 6.97. The Morgan fingerprint density at radius 3 is 2.28 bits per heavy atom. The number of nitrogens with one attached hydrogen (secondary N) is 1. The first-order valence-electron chi connectivity index (χ1n) is 9.59. The third-order valence-corrected chi connectivity index (χ3v) is 6.11. The van der Waals surface area contributed by atoms with Gasteiger partial charge in [-0.1, -0.05) is 48.0 Å². The fourth-order valence-electron chi connectivity index (χ4n) is 2.96. The second-order valence-corrected chi connectivity index (χ2v) is 9.09. The first kappa shape index (κ1) is 25.1. The van der Waals surface area contributed by atoms with E-state index in [0.717, 1.165) is 10.5 Å². The van der Waals surface area contributed by atoms with Crippen LogP contribution in [0.5, 0.6) is 0 Å². The number of hydrogen-bond donors (Lipinski definition) is 2. The molecule has 0 radical (unpaired) electrons. The third kappa shape index (κ3) is 7.51. The van der Waals surface area contributed by atoms with Crippen LogP contribution >= 0.6 is 11.6 Å². The van der Waals surface area contributed by atoms with Crippen molar-refractivity contribution in [3.63, 3.8) is 0 Å². The van der Waals surface area contributed by atoms with Crippen molar-refractivity contribution in [2.45, 2.75) is 17.7 Å². The highest BCUT2D eigenvalue weighted by atomic mass is 35.5. The first-order valence-corrected chi connectivity index (χ1v) is 11.4. The van der Waals surface area contributed by atoms with Gasteiger partial charge in [-0.2, -0.15) is 0 Å². The maximum absolute atomic E-state index is 13.0. The molecule has 2 aromatic carbocycles. The number of amides is 2. The molecular formula is C22H23ClN2O6S. The monoisotopic (exact) mass is 478 g/mol. The average molecular weight is 479 g/mol. The van der Waals surface area contributed by atoms with E-state index in [9.17, 15) is 27.9 Å². The van der Waals surface area contributed by atoms with Crippen LogP contribution in [0.2, 0.25) is 5.02 Å². The highest BCUT2D eigenvalue weighted by molar-refractivity contribution is 7.90. The molecule has 1 atom stereocenters. The predicted molar refractivity (Wildman–Crippen MR) is 119 cm³/mol. The van der Waals surface area contributed by atoms with E-state index in [1.54, 1.807) is 30.3 Å². The van der Waals surface area contributed by atoms with Gasteiger partial charge in [0, 0.05) is 18.0 Å². The Balaban J connectivity index is 2.30. The number of carboxylic acids is 1.